The average Bonchev–Trinajstić information content (AvgIpc) is 2.54. The van der Waals surface area contributed by atoms with Crippen LogP contribution in [0, 0.1) is 0 Å². The number of hydrogen-bond acceptors (Lipinski definition) is 5. The summed E-state index contributed by atoms with van der Waals surface area (Å²) in [6.07, 6.45) is 1.32. The van der Waals surface area contributed by atoms with Gasteiger partial charge in [0.25, 0.3) is 10.0 Å². The van der Waals surface area contributed by atoms with Crippen molar-refractivity contribution in [3.63, 3.8) is 0 Å². The van der Waals surface area contributed by atoms with Crippen LogP contribution in [0.3, 0.4) is 0 Å². The zero-order valence-electron chi connectivity index (χ0n) is 12.3. The number of anilines is 2. The molecule has 0 spiro atoms. The van der Waals surface area contributed by atoms with Crippen molar-refractivity contribution >= 4 is 38.3 Å². The van der Waals surface area contributed by atoms with E-state index in [0.29, 0.717) is 5.39 Å². The lowest BCUT2D eigenvalue weighted by molar-refractivity contribution is 0.0699. The first-order valence-electron chi connectivity index (χ1n) is 6.88. The first-order chi connectivity index (χ1) is 11.4. The van der Waals surface area contributed by atoms with Crippen molar-refractivity contribution in [2.45, 2.75) is 4.90 Å². The number of para-hydroxylation sites is 2. The van der Waals surface area contributed by atoms with E-state index >= 15 is 0 Å². The van der Waals surface area contributed by atoms with Gasteiger partial charge in [-0.1, -0.05) is 24.3 Å². The van der Waals surface area contributed by atoms with E-state index in [9.17, 15) is 18.3 Å². The number of carboxylic acid groups (broad SMARTS) is 1. The molecule has 122 valence electrons. The molecule has 4 N–H and O–H groups in total. The Labute approximate surface area is 137 Å². The van der Waals surface area contributed by atoms with Crippen LogP contribution < -0.4 is 10.5 Å². The third-order valence-corrected chi connectivity index (χ3v) is 4.89. The lowest BCUT2D eigenvalue weighted by atomic mass is 10.1. The van der Waals surface area contributed by atoms with Gasteiger partial charge in [-0.05, 0) is 24.3 Å². The second-order valence-corrected chi connectivity index (χ2v) is 6.66. The molecule has 0 amide bonds. The Morgan fingerprint density at radius 3 is 2.54 bits per heavy atom. The fourth-order valence-electron chi connectivity index (χ4n) is 2.37. The van der Waals surface area contributed by atoms with Crippen molar-refractivity contribution in [3.05, 3.63) is 60.3 Å². The lowest BCUT2D eigenvalue weighted by Crippen LogP contribution is -2.15. The fraction of sp³-hybridized carbons (Fsp3) is 0. The number of nitrogens with two attached hydrogens (primary N) is 1. The Kier molecular flexibility index (Phi) is 3.82. The van der Waals surface area contributed by atoms with Gasteiger partial charge in [0.2, 0.25) is 0 Å². The number of sulfonamides is 1. The van der Waals surface area contributed by atoms with Crippen LogP contribution in [0.1, 0.15) is 10.4 Å². The van der Waals surface area contributed by atoms with Crippen LogP contribution in [0.25, 0.3) is 10.9 Å². The average molecular weight is 343 g/mol. The minimum absolute atomic E-state index is 0.0419. The van der Waals surface area contributed by atoms with E-state index < -0.39 is 16.0 Å². The summed E-state index contributed by atoms with van der Waals surface area (Å²) in [6, 6.07) is 12.1. The summed E-state index contributed by atoms with van der Waals surface area (Å²) < 4.78 is 27.5. The van der Waals surface area contributed by atoms with Crippen molar-refractivity contribution in [1.29, 1.82) is 0 Å². The topological polar surface area (TPSA) is 122 Å². The molecular formula is C16H13N3O4S. The zero-order valence-corrected chi connectivity index (χ0v) is 13.1. The molecule has 0 bridgehead atoms. The number of benzene rings is 2. The summed E-state index contributed by atoms with van der Waals surface area (Å²) in [5.41, 5.74) is 6.31. The van der Waals surface area contributed by atoms with Gasteiger partial charge < -0.3 is 10.8 Å². The number of fused-ring (bicyclic) bond motifs is 1. The van der Waals surface area contributed by atoms with E-state index in [0.717, 1.165) is 0 Å². The summed E-state index contributed by atoms with van der Waals surface area (Å²) in [5, 5.41) is 9.58. The number of aromatic nitrogens is 1. The fourth-order valence-corrected chi connectivity index (χ4v) is 3.57. The van der Waals surface area contributed by atoms with Crippen LogP contribution in [0.4, 0.5) is 11.4 Å². The first-order valence-corrected chi connectivity index (χ1v) is 8.37. The Balaban J connectivity index is 2.13. The predicted octanol–water partition coefficient (Wildman–Crippen LogP) is 2.32. The maximum absolute atomic E-state index is 12.5. The van der Waals surface area contributed by atoms with Gasteiger partial charge in [0, 0.05) is 11.6 Å². The number of carboxylic acids is 1. The molecule has 0 atom stereocenters. The molecule has 3 rings (SSSR count). The normalized spacial score (nSPS) is 11.3. The molecule has 3 aromatic rings. The molecule has 7 nitrogen and oxygen atoms in total. The summed E-state index contributed by atoms with van der Waals surface area (Å²) in [5.74, 6) is -1.12. The number of hydrogen-bond donors (Lipinski definition) is 3. The molecule has 0 fully saturated rings. The highest BCUT2D eigenvalue weighted by Crippen LogP contribution is 2.27. The molecule has 8 heteroatoms. The van der Waals surface area contributed by atoms with Gasteiger partial charge in [-0.25, -0.2) is 13.2 Å². The van der Waals surface area contributed by atoms with Gasteiger partial charge in [0.15, 0.2) is 0 Å². The first kappa shape index (κ1) is 15.8. The van der Waals surface area contributed by atoms with Gasteiger partial charge in [0.1, 0.15) is 4.90 Å². The summed E-state index contributed by atoms with van der Waals surface area (Å²) in [7, 11) is -3.93. The molecule has 0 unspecified atom stereocenters. The van der Waals surface area contributed by atoms with Crippen molar-refractivity contribution in [1.82, 2.24) is 4.98 Å². The van der Waals surface area contributed by atoms with Gasteiger partial charge in [-0.2, -0.15) is 0 Å². The van der Waals surface area contributed by atoms with Crippen molar-refractivity contribution in [2.75, 3.05) is 10.5 Å². The molecule has 2 aromatic carbocycles. The lowest BCUT2D eigenvalue weighted by Gasteiger charge is -2.12. The van der Waals surface area contributed by atoms with E-state index in [1.807, 2.05) is 0 Å². The van der Waals surface area contributed by atoms with Crippen LogP contribution in [0.15, 0.2) is 59.6 Å². The molecule has 0 aliphatic rings. The highest BCUT2D eigenvalue weighted by molar-refractivity contribution is 7.93. The third-order valence-electron chi connectivity index (χ3n) is 3.45. The van der Waals surface area contributed by atoms with E-state index in [1.165, 1.54) is 30.5 Å². The maximum atomic E-state index is 12.5. The van der Waals surface area contributed by atoms with Crippen LogP contribution in [-0.2, 0) is 10.0 Å². The number of nitrogens with zero attached hydrogens (tertiary/aromatic N) is 1. The Morgan fingerprint density at radius 1 is 1.08 bits per heavy atom. The number of pyridine rings is 1. The highest BCUT2D eigenvalue weighted by atomic mass is 32.2. The minimum Gasteiger partial charge on any atom is -0.478 e. The van der Waals surface area contributed by atoms with Gasteiger partial charge >= 0.3 is 5.97 Å². The second-order valence-electron chi connectivity index (χ2n) is 5.01. The quantitative estimate of drug-likeness (QED) is 0.625. The smallest absolute Gasteiger partial charge is 0.336 e. The van der Waals surface area contributed by atoms with Crippen LogP contribution in [0.5, 0.6) is 0 Å². The van der Waals surface area contributed by atoms with Gasteiger partial charge in [-0.3, -0.25) is 9.71 Å². The molecule has 0 saturated carbocycles. The standard InChI is InChI=1S/C16H13N3O4S/c17-12-5-1-2-7-14(12)24(22,23)19-13-6-3-4-10-11(16(20)21)8-9-18-15(10)13/h1-9,19H,17H2,(H,20,21). The van der Waals surface area contributed by atoms with Gasteiger partial charge in [0.05, 0.1) is 22.5 Å². The molecule has 1 heterocycles. The molecule has 24 heavy (non-hydrogen) atoms. The Bertz CT molecular complexity index is 1050. The van der Waals surface area contributed by atoms with E-state index in [2.05, 4.69) is 9.71 Å². The number of rotatable bonds is 4. The molecular weight excluding hydrogens is 330 g/mol. The Hall–Kier alpha value is -3.13. The molecule has 0 aliphatic carbocycles. The number of carbonyl (C=O) groups is 1. The number of nitrogens with one attached hydrogen (secondary N) is 1. The van der Waals surface area contributed by atoms with E-state index in [1.54, 1.807) is 24.3 Å². The second kappa shape index (κ2) is 5.82. The van der Waals surface area contributed by atoms with Crippen molar-refractivity contribution < 1.29 is 18.3 Å². The molecule has 0 saturated heterocycles. The third kappa shape index (κ3) is 2.74. The monoisotopic (exact) mass is 343 g/mol. The van der Waals surface area contributed by atoms with Crippen LogP contribution in [0.2, 0.25) is 0 Å². The summed E-state index contributed by atoms with van der Waals surface area (Å²) in [4.78, 5) is 15.3. The summed E-state index contributed by atoms with van der Waals surface area (Å²) in [6.45, 7) is 0. The van der Waals surface area contributed by atoms with Crippen molar-refractivity contribution in [3.8, 4) is 0 Å². The SMILES string of the molecule is Nc1ccccc1S(=O)(=O)Nc1cccc2c(C(=O)O)ccnc12. The minimum atomic E-state index is -3.93. The highest BCUT2D eigenvalue weighted by Gasteiger charge is 2.19. The molecule has 0 aliphatic heterocycles. The molecule has 0 radical (unpaired) electrons. The van der Waals surface area contributed by atoms with Gasteiger partial charge in [-0.15, -0.1) is 0 Å². The largest absolute Gasteiger partial charge is 0.478 e. The Morgan fingerprint density at radius 2 is 1.83 bits per heavy atom. The predicted molar refractivity (Wildman–Crippen MR) is 90.4 cm³/mol. The van der Waals surface area contributed by atoms with Crippen molar-refractivity contribution in [2.24, 2.45) is 0 Å². The maximum Gasteiger partial charge on any atom is 0.336 e. The summed E-state index contributed by atoms with van der Waals surface area (Å²) >= 11 is 0. The van der Waals surface area contributed by atoms with E-state index in [-0.39, 0.29) is 27.4 Å². The number of aromatic carboxylic acids is 1. The molecule has 1 aromatic heterocycles. The number of nitrogen functional groups attached to an aromatic ring is 1. The van der Waals surface area contributed by atoms with Crippen LogP contribution >= 0.6 is 0 Å². The zero-order chi connectivity index (χ0) is 17.3. The van der Waals surface area contributed by atoms with E-state index in [4.69, 9.17) is 5.73 Å². The van der Waals surface area contributed by atoms with Crippen LogP contribution in [-0.4, -0.2) is 24.5 Å².